The van der Waals surface area contributed by atoms with Gasteiger partial charge in [0.05, 0.1) is 11.6 Å². The quantitative estimate of drug-likeness (QED) is 0.900. The molecule has 2 N–H and O–H groups in total. The van der Waals surface area contributed by atoms with E-state index in [0.717, 1.165) is 25.5 Å². The van der Waals surface area contributed by atoms with Crippen LogP contribution in [-0.2, 0) is 17.5 Å². The molecule has 0 spiro atoms. The Bertz CT molecular complexity index is 540. The number of halogens is 3. The predicted molar refractivity (Wildman–Crippen MR) is 78.1 cm³/mol. The van der Waals surface area contributed by atoms with E-state index >= 15 is 0 Å². The number of nitrogens with one attached hydrogen (secondary N) is 2. The zero-order valence-electron chi connectivity index (χ0n) is 12.8. The second kappa shape index (κ2) is 6.28. The van der Waals surface area contributed by atoms with Crippen LogP contribution in [0.15, 0.2) is 24.3 Å². The molecular formula is C16H21F3N2O. The molecule has 1 aromatic rings. The van der Waals surface area contributed by atoms with Crippen molar-refractivity contribution < 1.29 is 18.0 Å². The Labute approximate surface area is 128 Å². The highest BCUT2D eigenvalue weighted by molar-refractivity contribution is 5.82. The first-order valence-electron chi connectivity index (χ1n) is 7.38. The number of rotatable bonds is 3. The highest BCUT2D eigenvalue weighted by atomic mass is 19.4. The van der Waals surface area contributed by atoms with Crippen LogP contribution in [0, 0.1) is 5.41 Å². The summed E-state index contributed by atoms with van der Waals surface area (Å²) in [6, 6.07) is 4.94. The molecule has 0 radical (unpaired) electrons. The Balaban J connectivity index is 2.06. The van der Waals surface area contributed by atoms with Gasteiger partial charge in [-0.25, -0.2) is 0 Å². The van der Waals surface area contributed by atoms with Crippen molar-refractivity contribution in [3.05, 3.63) is 35.4 Å². The van der Waals surface area contributed by atoms with Crippen LogP contribution in [0.4, 0.5) is 13.2 Å². The number of amides is 1. The lowest BCUT2D eigenvalue weighted by molar-refractivity contribution is -0.138. The zero-order chi connectivity index (χ0) is 16.4. The fourth-order valence-electron chi connectivity index (χ4n) is 2.89. The van der Waals surface area contributed by atoms with Gasteiger partial charge in [-0.3, -0.25) is 4.79 Å². The van der Waals surface area contributed by atoms with E-state index in [-0.39, 0.29) is 29.5 Å². The van der Waals surface area contributed by atoms with Crippen molar-refractivity contribution in [2.75, 3.05) is 6.54 Å². The van der Waals surface area contributed by atoms with Crippen LogP contribution in [0.1, 0.15) is 37.8 Å². The lowest BCUT2D eigenvalue weighted by atomic mass is 9.77. The number of carbonyl (C=O) groups excluding carboxylic acids is 1. The number of alkyl halides is 3. The van der Waals surface area contributed by atoms with Crippen molar-refractivity contribution >= 4 is 5.91 Å². The number of carbonyl (C=O) groups is 1. The maximum atomic E-state index is 12.9. The highest BCUT2D eigenvalue weighted by Crippen LogP contribution is 2.32. The fourth-order valence-corrected chi connectivity index (χ4v) is 2.89. The Morgan fingerprint density at radius 2 is 2.05 bits per heavy atom. The van der Waals surface area contributed by atoms with Gasteiger partial charge in [0, 0.05) is 6.54 Å². The predicted octanol–water partition coefficient (Wildman–Crippen LogP) is 3.10. The minimum absolute atomic E-state index is 0.0805. The van der Waals surface area contributed by atoms with E-state index in [4.69, 9.17) is 0 Å². The van der Waals surface area contributed by atoms with Gasteiger partial charge < -0.3 is 10.6 Å². The third-order valence-corrected chi connectivity index (χ3v) is 4.17. The average molecular weight is 314 g/mol. The van der Waals surface area contributed by atoms with Crippen LogP contribution in [0.25, 0.3) is 0 Å². The summed E-state index contributed by atoms with van der Waals surface area (Å²) in [5, 5.41) is 5.79. The Morgan fingerprint density at radius 1 is 1.36 bits per heavy atom. The first-order chi connectivity index (χ1) is 10.2. The lowest BCUT2D eigenvalue weighted by Crippen LogP contribution is -2.55. The van der Waals surface area contributed by atoms with Gasteiger partial charge in [0.1, 0.15) is 0 Å². The monoisotopic (exact) mass is 314 g/mol. The maximum absolute atomic E-state index is 12.9. The summed E-state index contributed by atoms with van der Waals surface area (Å²) in [5.41, 5.74) is -0.825. The molecule has 6 heteroatoms. The minimum atomic E-state index is -4.41. The van der Waals surface area contributed by atoms with E-state index in [0.29, 0.717) is 0 Å². The number of piperidine rings is 1. The van der Waals surface area contributed by atoms with Crippen LogP contribution < -0.4 is 10.6 Å². The highest BCUT2D eigenvalue weighted by Gasteiger charge is 2.37. The Hall–Kier alpha value is -1.56. The van der Waals surface area contributed by atoms with Gasteiger partial charge >= 0.3 is 6.18 Å². The smallest absolute Gasteiger partial charge is 0.351 e. The van der Waals surface area contributed by atoms with E-state index < -0.39 is 11.7 Å². The molecule has 1 aliphatic rings. The molecule has 2 rings (SSSR count). The Kier molecular flexibility index (Phi) is 4.80. The molecule has 22 heavy (non-hydrogen) atoms. The molecule has 1 aromatic carbocycles. The molecule has 1 unspecified atom stereocenters. The van der Waals surface area contributed by atoms with Crippen molar-refractivity contribution in [1.82, 2.24) is 10.6 Å². The van der Waals surface area contributed by atoms with Crippen molar-refractivity contribution in [3.63, 3.8) is 0 Å². The van der Waals surface area contributed by atoms with Crippen molar-refractivity contribution in [2.45, 2.75) is 45.5 Å². The van der Waals surface area contributed by atoms with E-state index in [1.54, 1.807) is 6.07 Å². The summed E-state index contributed by atoms with van der Waals surface area (Å²) in [5.74, 6) is -0.248. The summed E-state index contributed by atoms with van der Waals surface area (Å²) in [7, 11) is 0. The molecule has 1 fully saturated rings. The van der Waals surface area contributed by atoms with Gasteiger partial charge in [0.15, 0.2) is 0 Å². The fraction of sp³-hybridized carbons (Fsp3) is 0.562. The van der Waals surface area contributed by atoms with Crippen molar-refractivity contribution in [3.8, 4) is 0 Å². The lowest BCUT2D eigenvalue weighted by Gasteiger charge is -2.38. The first kappa shape index (κ1) is 16.8. The minimum Gasteiger partial charge on any atom is -0.351 e. The second-order valence-corrected chi connectivity index (χ2v) is 6.35. The topological polar surface area (TPSA) is 41.1 Å². The summed E-state index contributed by atoms with van der Waals surface area (Å²) in [6.45, 7) is 4.61. The van der Waals surface area contributed by atoms with Crippen LogP contribution in [0.3, 0.4) is 0 Å². The van der Waals surface area contributed by atoms with Gasteiger partial charge in [-0.15, -0.1) is 0 Å². The summed E-state index contributed by atoms with van der Waals surface area (Å²) >= 11 is 0. The molecular weight excluding hydrogens is 293 g/mol. The van der Waals surface area contributed by atoms with Crippen LogP contribution in [-0.4, -0.2) is 18.5 Å². The van der Waals surface area contributed by atoms with Crippen molar-refractivity contribution in [2.24, 2.45) is 5.41 Å². The van der Waals surface area contributed by atoms with Gasteiger partial charge in [-0.2, -0.15) is 13.2 Å². The van der Waals surface area contributed by atoms with Crippen LogP contribution >= 0.6 is 0 Å². The molecule has 1 heterocycles. The molecule has 1 saturated heterocycles. The van der Waals surface area contributed by atoms with Gasteiger partial charge in [0.2, 0.25) is 5.91 Å². The van der Waals surface area contributed by atoms with E-state index in [1.165, 1.54) is 12.1 Å². The van der Waals surface area contributed by atoms with Gasteiger partial charge in [0.25, 0.3) is 0 Å². The Morgan fingerprint density at radius 3 is 2.68 bits per heavy atom. The molecule has 122 valence electrons. The second-order valence-electron chi connectivity index (χ2n) is 6.35. The normalized spacial score (nSPS) is 21.4. The van der Waals surface area contributed by atoms with Crippen LogP contribution in [0.5, 0.6) is 0 Å². The maximum Gasteiger partial charge on any atom is 0.416 e. The van der Waals surface area contributed by atoms with Crippen molar-refractivity contribution in [1.29, 1.82) is 0 Å². The summed E-state index contributed by atoms with van der Waals surface area (Å²) < 4.78 is 38.8. The summed E-state index contributed by atoms with van der Waals surface area (Å²) in [6.07, 6.45) is -2.51. The number of benzene rings is 1. The largest absolute Gasteiger partial charge is 0.416 e. The third-order valence-electron chi connectivity index (χ3n) is 4.17. The summed E-state index contributed by atoms with van der Waals surface area (Å²) in [4.78, 5) is 12.3. The van der Waals surface area contributed by atoms with E-state index in [2.05, 4.69) is 10.6 Å². The van der Waals surface area contributed by atoms with Gasteiger partial charge in [-0.05, 0) is 36.4 Å². The third kappa shape index (κ3) is 3.80. The molecule has 3 nitrogen and oxygen atoms in total. The molecule has 0 aliphatic carbocycles. The molecule has 0 bridgehead atoms. The molecule has 0 aromatic heterocycles. The number of hydrogen-bond acceptors (Lipinski definition) is 2. The van der Waals surface area contributed by atoms with Gasteiger partial charge in [-0.1, -0.05) is 32.0 Å². The molecule has 1 atom stereocenters. The number of hydrogen-bond donors (Lipinski definition) is 2. The average Bonchev–Trinajstić information content (AvgIpc) is 2.43. The standard InChI is InChI=1S/C16H21F3N2O/c1-15(2)8-5-9-20-13(15)14(22)21-10-11-6-3-4-7-12(11)16(17,18)19/h3-4,6-7,13,20H,5,8-10H2,1-2H3,(H,21,22). The van der Waals surface area contributed by atoms with E-state index in [9.17, 15) is 18.0 Å². The van der Waals surface area contributed by atoms with E-state index in [1.807, 2.05) is 13.8 Å². The van der Waals surface area contributed by atoms with Crippen LogP contribution in [0.2, 0.25) is 0 Å². The first-order valence-corrected chi connectivity index (χ1v) is 7.38. The zero-order valence-corrected chi connectivity index (χ0v) is 12.8. The molecule has 1 aliphatic heterocycles. The molecule has 0 saturated carbocycles. The molecule has 1 amide bonds. The SMILES string of the molecule is CC1(C)CCCNC1C(=O)NCc1ccccc1C(F)(F)F.